The van der Waals surface area contributed by atoms with Crippen LogP contribution in [0.5, 0.6) is 0 Å². The topological polar surface area (TPSA) is 81.1 Å². The molecule has 1 aromatic heterocycles. The van der Waals surface area contributed by atoms with Crippen LogP contribution in [0.2, 0.25) is 0 Å². The monoisotopic (exact) mass is 231 g/mol. The van der Waals surface area contributed by atoms with Crippen molar-refractivity contribution < 1.29 is 9.90 Å². The molecule has 0 fully saturated rings. The predicted octanol–water partition coefficient (Wildman–Crippen LogP) is 1.52. The number of carbonyl (C=O) groups is 1. The molecule has 0 spiro atoms. The number of nitrogen functional groups attached to an aromatic ring is 1. The van der Waals surface area contributed by atoms with Gasteiger partial charge in [0.05, 0.1) is 6.54 Å². The van der Waals surface area contributed by atoms with Gasteiger partial charge < -0.3 is 10.8 Å². The van der Waals surface area contributed by atoms with Crippen molar-refractivity contribution in [2.24, 2.45) is 0 Å². The van der Waals surface area contributed by atoms with E-state index >= 15 is 0 Å². The number of nitrogens with two attached hydrogens (primary N) is 1. The number of carboxylic acids is 1. The Kier molecular flexibility index (Phi) is 2.82. The third kappa shape index (κ3) is 2.28. The molecular formula is C12H13N3O2. The third-order valence-electron chi connectivity index (χ3n) is 2.61. The van der Waals surface area contributed by atoms with Gasteiger partial charge in [0.25, 0.3) is 0 Å². The Labute approximate surface area is 98.5 Å². The lowest BCUT2D eigenvalue weighted by molar-refractivity contribution is 0.0698. The number of aryl methyl sites for hydroxylation is 1. The molecule has 0 atom stereocenters. The van der Waals surface area contributed by atoms with Crippen molar-refractivity contribution in [2.45, 2.75) is 13.5 Å². The van der Waals surface area contributed by atoms with Gasteiger partial charge in [-0.2, -0.15) is 5.10 Å². The fraction of sp³-hybridized carbons (Fsp3) is 0.167. The van der Waals surface area contributed by atoms with Crippen LogP contribution in [0.1, 0.15) is 21.5 Å². The van der Waals surface area contributed by atoms with Crippen LogP contribution in [0.4, 0.5) is 5.82 Å². The first-order valence-electron chi connectivity index (χ1n) is 5.18. The summed E-state index contributed by atoms with van der Waals surface area (Å²) in [6.45, 7) is 2.52. The zero-order valence-corrected chi connectivity index (χ0v) is 9.42. The highest BCUT2D eigenvalue weighted by Gasteiger charge is 2.12. The molecular weight excluding hydrogens is 218 g/mol. The standard InChI is InChI=1S/C12H13N3O2/c1-8-4-2-3-5-9(8)6-15-7-10(12(16)17)11(13)14-15/h2-5,7H,6H2,1H3,(H2,13,14)(H,16,17). The average Bonchev–Trinajstić information content (AvgIpc) is 2.63. The summed E-state index contributed by atoms with van der Waals surface area (Å²) in [5.74, 6) is -1.01. The molecule has 0 aliphatic heterocycles. The Hall–Kier alpha value is -2.30. The van der Waals surface area contributed by atoms with Gasteiger partial charge in [-0.15, -0.1) is 0 Å². The maximum atomic E-state index is 10.8. The molecule has 2 aromatic rings. The number of carboxylic acid groups (broad SMARTS) is 1. The summed E-state index contributed by atoms with van der Waals surface area (Å²) in [6, 6.07) is 7.88. The van der Waals surface area contributed by atoms with E-state index in [4.69, 9.17) is 10.8 Å². The van der Waals surface area contributed by atoms with Gasteiger partial charge in [0, 0.05) is 6.20 Å². The quantitative estimate of drug-likeness (QED) is 0.839. The summed E-state index contributed by atoms with van der Waals surface area (Å²) < 4.78 is 1.54. The summed E-state index contributed by atoms with van der Waals surface area (Å²) in [6.07, 6.45) is 1.45. The van der Waals surface area contributed by atoms with E-state index in [0.29, 0.717) is 6.54 Å². The molecule has 0 radical (unpaired) electrons. The number of anilines is 1. The van der Waals surface area contributed by atoms with Gasteiger partial charge in [-0.25, -0.2) is 4.79 Å². The number of aromatic nitrogens is 2. The molecule has 88 valence electrons. The summed E-state index contributed by atoms with van der Waals surface area (Å²) >= 11 is 0. The Balaban J connectivity index is 2.28. The second kappa shape index (κ2) is 4.29. The highest BCUT2D eigenvalue weighted by Crippen LogP contribution is 2.13. The zero-order chi connectivity index (χ0) is 12.4. The summed E-state index contributed by atoms with van der Waals surface area (Å²) in [5, 5.41) is 12.8. The lowest BCUT2D eigenvalue weighted by Gasteiger charge is -2.04. The molecule has 0 saturated heterocycles. The first-order valence-corrected chi connectivity index (χ1v) is 5.18. The maximum Gasteiger partial charge on any atom is 0.341 e. The smallest absolute Gasteiger partial charge is 0.341 e. The fourth-order valence-corrected chi connectivity index (χ4v) is 1.64. The number of hydrogen-bond donors (Lipinski definition) is 2. The van der Waals surface area contributed by atoms with Gasteiger partial charge in [0.15, 0.2) is 5.82 Å². The highest BCUT2D eigenvalue weighted by molar-refractivity contribution is 5.92. The van der Waals surface area contributed by atoms with Crippen molar-refractivity contribution in [3.05, 3.63) is 47.2 Å². The SMILES string of the molecule is Cc1ccccc1Cn1cc(C(=O)O)c(N)n1. The summed E-state index contributed by atoms with van der Waals surface area (Å²) in [4.78, 5) is 10.8. The molecule has 1 heterocycles. The van der Waals surface area contributed by atoms with Crippen molar-refractivity contribution in [2.75, 3.05) is 5.73 Å². The number of aromatic carboxylic acids is 1. The van der Waals surface area contributed by atoms with E-state index in [1.165, 1.54) is 6.20 Å². The van der Waals surface area contributed by atoms with Crippen molar-refractivity contribution >= 4 is 11.8 Å². The lowest BCUT2D eigenvalue weighted by atomic mass is 10.1. The van der Waals surface area contributed by atoms with Crippen LogP contribution in [0.25, 0.3) is 0 Å². The largest absolute Gasteiger partial charge is 0.477 e. The van der Waals surface area contributed by atoms with Crippen LogP contribution in [-0.4, -0.2) is 20.9 Å². The number of benzene rings is 1. The second-order valence-electron chi connectivity index (χ2n) is 3.86. The van der Waals surface area contributed by atoms with E-state index in [1.807, 2.05) is 31.2 Å². The zero-order valence-electron chi connectivity index (χ0n) is 9.42. The van der Waals surface area contributed by atoms with E-state index in [9.17, 15) is 4.79 Å². The van der Waals surface area contributed by atoms with Gasteiger partial charge in [0.2, 0.25) is 0 Å². The van der Waals surface area contributed by atoms with Crippen molar-refractivity contribution in [3.63, 3.8) is 0 Å². The molecule has 17 heavy (non-hydrogen) atoms. The van der Waals surface area contributed by atoms with E-state index in [2.05, 4.69) is 5.10 Å². The minimum Gasteiger partial charge on any atom is -0.477 e. The molecule has 0 amide bonds. The summed E-state index contributed by atoms with van der Waals surface area (Å²) in [5.41, 5.74) is 7.79. The molecule has 1 aromatic carbocycles. The maximum absolute atomic E-state index is 10.8. The summed E-state index contributed by atoms with van der Waals surface area (Å²) in [7, 11) is 0. The van der Waals surface area contributed by atoms with E-state index < -0.39 is 5.97 Å². The Morgan fingerprint density at radius 1 is 1.47 bits per heavy atom. The third-order valence-corrected chi connectivity index (χ3v) is 2.61. The van der Waals surface area contributed by atoms with Crippen LogP contribution < -0.4 is 5.73 Å². The molecule has 0 aliphatic rings. The molecule has 3 N–H and O–H groups in total. The van der Waals surface area contributed by atoms with Gasteiger partial charge in [0.1, 0.15) is 5.56 Å². The molecule has 0 saturated carbocycles. The van der Waals surface area contributed by atoms with Gasteiger partial charge in [-0.1, -0.05) is 24.3 Å². The molecule has 0 unspecified atom stereocenters. The molecule has 5 nitrogen and oxygen atoms in total. The second-order valence-corrected chi connectivity index (χ2v) is 3.86. The Morgan fingerprint density at radius 3 is 2.76 bits per heavy atom. The van der Waals surface area contributed by atoms with Gasteiger partial charge in [-0.3, -0.25) is 4.68 Å². The van der Waals surface area contributed by atoms with Crippen molar-refractivity contribution in [3.8, 4) is 0 Å². The molecule has 5 heteroatoms. The number of hydrogen-bond acceptors (Lipinski definition) is 3. The normalized spacial score (nSPS) is 10.4. The van der Waals surface area contributed by atoms with Crippen LogP contribution in [0, 0.1) is 6.92 Å². The number of rotatable bonds is 3. The van der Waals surface area contributed by atoms with E-state index in [1.54, 1.807) is 4.68 Å². The average molecular weight is 231 g/mol. The minimum absolute atomic E-state index is 0.0404. The van der Waals surface area contributed by atoms with Crippen molar-refractivity contribution in [1.82, 2.24) is 9.78 Å². The van der Waals surface area contributed by atoms with Gasteiger partial charge in [-0.05, 0) is 18.1 Å². The molecule has 2 rings (SSSR count). The van der Waals surface area contributed by atoms with Crippen LogP contribution in [0.3, 0.4) is 0 Å². The lowest BCUT2D eigenvalue weighted by Crippen LogP contribution is -2.02. The van der Waals surface area contributed by atoms with E-state index in [0.717, 1.165) is 11.1 Å². The van der Waals surface area contributed by atoms with Crippen LogP contribution in [-0.2, 0) is 6.54 Å². The van der Waals surface area contributed by atoms with Crippen molar-refractivity contribution in [1.29, 1.82) is 0 Å². The Morgan fingerprint density at radius 2 is 2.18 bits per heavy atom. The highest BCUT2D eigenvalue weighted by atomic mass is 16.4. The van der Waals surface area contributed by atoms with Crippen LogP contribution in [0.15, 0.2) is 30.5 Å². The van der Waals surface area contributed by atoms with Crippen LogP contribution >= 0.6 is 0 Å². The van der Waals surface area contributed by atoms with Gasteiger partial charge >= 0.3 is 5.97 Å². The van der Waals surface area contributed by atoms with E-state index in [-0.39, 0.29) is 11.4 Å². The first kappa shape index (κ1) is 11.2. The molecule has 0 bridgehead atoms. The fourth-order valence-electron chi connectivity index (χ4n) is 1.64. The Bertz CT molecular complexity index is 561. The first-order chi connectivity index (χ1) is 8.08. The molecule has 0 aliphatic carbocycles. The number of nitrogens with zero attached hydrogens (tertiary/aromatic N) is 2. The minimum atomic E-state index is -1.06. The predicted molar refractivity (Wildman–Crippen MR) is 63.9 cm³/mol.